The number of aliphatic hydroxyl groups is 1. The Bertz CT molecular complexity index is 276. The van der Waals surface area contributed by atoms with Crippen molar-refractivity contribution >= 4 is 5.97 Å². The minimum atomic E-state index is -0.791. The fourth-order valence-corrected chi connectivity index (χ4v) is 2.31. The van der Waals surface area contributed by atoms with Crippen LogP contribution >= 0.6 is 0 Å². The highest BCUT2D eigenvalue weighted by Crippen LogP contribution is 1.96. The highest BCUT2D eigenvalue weighted by Gasteiger charge is 2.13. The monoisotopic (exact) mass is 288 g/mol. The molecule has 4 N–H and O–H groups in total. The molecule has 0 bridgehead atoms. The van der Waals surface area contributed by atoms with Gasteiger partial charge in [-0.05, 0) is 6.92 Å². The zero-order valence-electron chi connectivity index (χ0n) is 12.3. The molecule has 0 aromatic rings. The standard InChI is InChI=1S/C13H28N4O3/c1-12(18)10-16-6-4-14-2-3-15-5-7-17(9-8-16)11-13(19)20/h12,14-15,18H,2-11H2,1H3,(H,19,20). The average Bonchev–Trinajstić information content (AvgIpc) is 2.34. The van der Waals surface area contributed by atoms with Gasteiger partial charge in [-0.15, -0.1) is 0 Å². The molecule has 1 fully saturated rings. The van der Waals surface area contributed by atoms with E-state index in [1.807, 2.05) is 4.90 Å². The van der Waals surface area contributed by atoms with Crippen LogP contribution in [0.3, 0.4) is 0 Å². The van der Waals surface area contributed by atoms with Crippen LogP contribution in [-0.4, -0.2) is 97.5 Å². The van der Waals surface area contributed by atoms with Gasteiger partial charge in [-0.25, -0.2) is 0 Å². The summed E-state index contributed by atoms with van der Waals surface area (Å²) in [6.07, 6.45) is -0.363. The van der Waals surface area contributed by atoms with Gasteiger partial charge in [0.25, 0.3) is 0 Å². The molecule has 7 nitrogen and oxygen atoms in total. The second kappa shape index (κ2) is 10.1. The molecule has 20 heavy (non-hydrogen) atoms. The van der Waals surface area contributed by atoms with Crippen LogP contribution in [0, 0.1) is 0 Å². The number of hydrogen-bond acceptors (Lipinski definition) is 6. The van der Waals surface area contributed by atoms with E-state index in [2.05, 4.69) is 15.5 Å². The van der Waals surface area contributed by atoms with E-state index in [1.54, 1.807) is 6.92 Å². The highest BCUT2D eigenvalue weighted by atomic mass is 16.4. The van der Waals surface area contributed by atoms with Gasteiger partial charge in [-0.3, -0.25) is 14.6 Å². The van der Waals surface area contributed by atoms with E-state index in [9.17, 15) is 9.90 Å². The molecule has 1 aliphatic rings. The Morgan fingerprint density at radius 2 is 1.60 bits per heavy atom. The van der Waals surface area contributed by atoms with Gasteiger partial charge < -0.3 is 20.8 Å². The van der Waals surface area contributed by atoms with Crippen LogP contribution in [-0.2, 0) is 4.79 Å². The zero-order chi connectivity index (χ0) is 14.8. The van der Waals surface area contributed by atoms with E-state index >= 15 is 0 Å². The Hall–Kier alpha value is -0.730. The molecular weight excluding hydrogens is 260 g/mol. The first kappa shape index (κ1) is 17.3. The van der Waals surface area contributed by atoms with Crippen molar-refractivity contribution in [2.75, 3.05) is 65.4 Å². The Labute approximate surface area is 120 Å². The molecule has 0 amide bonds. The van der Waals surface area contributed by atoms with Gasteiger partial charge in [0.05, 0.1) is 12.6 Å². The summed E-state index contributed by atoms with van der Waals surface area (Å²) in [5.41, 5.74) is 0. The largest absolute Gasteiger partial charge is 0.480 e. The fourth-order valence-electron chi connectivity index (χ4n) is 2.31. The summed E-state index contributed by atoms with van der Waals surface area (Å²) in [7, 11) is 0. The number of β-amino-alcohol motifs (C(OH)–C–C–N with tert-alkyl or cyclic N) is 1. The zero-order valence-corrected chi connectivity index (χ0v) is 12.3. The SMILES string of the molecule is CC(O)CN1CCNCCNCCN(CC(=O)O)CC1. The van der Waals surface area contributed by atoms with Gasteiger partial charge in [0, 0.05) is 58.9 Å². The molecular formula is C13H28N4O3. The molecule has 0 saturated carbocycles. The maximum absolute atomic E-state index is 10.9. The number of rotatable bonds is 4. The molecule has 0 aromatic carbocycles. The van der Waals surface area contributed by atoms with Crippen LogP contribution in [0.1, 0.15) is 6.92 Å². The van der Waals surface area contributed by atoms with Crippen molar-refractivity contribution in [3.8, 4) is 0 Å². The average molecular weight is 288 g/mol. The predicted molar refractivity (Wildman–Crippen MR) is 77.9 cm³/mol. The van der Waals surface area contributed by atoms with Crippen LogP contribution in [0.15, 0.2) is 0 Å². The second-order valence-corrected chi connectivity index (χ2v) is 5.32. The third kappa shape index (κ3) is 8.44. The molecule has 7 heteroatoms. The number of aliphatic carboxylic acids is 1. The number of carboxylic acid groups (broad SMARTS) is 1. The molecule has 1 unspecified atom stereocenters. The van der Waals surface area contributed by atoms with Crippen molar-refractivity contribution in [1.29, 1.82) is 0 Å². The van der Waals surface area contributed by atoms with E-state index in [4.69, 9.17) is 5.11 Å². The van der Waals surface area contributed by atoms with Crippen molar-refractivity contribution in [3.05, 3.63) is 0 Å². The predicted octanol–water partition coefficient (Wildman–Crippen LogP) is -1.75. The summed E-state index contributed by atoms with van der Waals surface area (Å²) in [5, 5.41) is 25.1. The van der Waals surface area contributed by atoms with Crippen molar-refractivity contribution < 1.29 is 15.0 Å². The van der Waals surface area contributed by atoms with Crippen molar-refractivity contribution in [1.82, 2.24) is 20.4 Å². The lowest BCUT2D eigenvalue weighted by Crippen LogP contribution is -2.46. The summed E-state index contributed by atoms with van der Waals surface area (Å²) in [6.45, 7) is 9.03. The lowest BCUT2D eigenvalue weighted by atomic mass is 10.3. The first-order valence-corrected chi connectivity index (χ1v) is 7.34. The number of carboxylic acids is 1. The van der Waals surface area contributed by atoms with Gasteiger partial charge >= 0.3 is 5.97 Å². The Kier molecular flexibility index (Phi) is 8.72. The number of aliphatic hydroxyl groups excluding tert-OH is 1. The van der Waals surface area contributed by atoms with Gasteiger partial charge in [-0.2, -0.15) is 0 Å². The third-order valence-corrected chi connectivity index (χ3v) is 3.30. The van der Waals surface area contributed by atoms with E-state index in [1.165, 1.54) is 0 Å². The first-order chi connectivity index (χ1) is 9.58. The minimum absolute atomic E-state index is 0.0719. The Morgan fingerprint density at radius 1 is 1.05 bits per heavy atom. The fraction of sp³-hybridized carbons (Fsp3) is 0.923. The van der Waals surface area contributed by atoms with Crippen LogP contribution in [0.2, 0.25) is 0 Å². The number of hydrogen-bond donors (Lipinski definition) is 4. The molecule has 0 aliphatic carbocycles. The molecule has 118 valence electrons. The normalized spacial score (nSPS) is 22.7. The van der Waals surface area contributed by atoms with E-state index in [-0.39, 0.29) is 12.6 Å². The summed E-state index contributed by atoms with van der Waals surface area (Å²) >= 11 is 0. The van der Waals surface area contributed by atoms with Gasteiger partial charge in [0.15, 0.2) is 0 Å². The van der Waals surface area contributed by atoms with Crippen LogP contribution in [0.25, 0.3) is 0 Å². The minimum Gasteiger partial charge on any atom is -0.480 e. The molecule has 1 atom stereocenters. The van der Waals surface area contributed by atoms with E-state index in [0.717, 1.165) is 45.8 Å². The maximum Gasteiger partial charge on any atom is 0.317 e. The molecule has 0 radical (unpaired) electrons. The van der Waals surface area contributed by atoms with Crippen molar-refractivity contribution in [2.45, 2.75) is 13.0 Å². The maximum atomic E-state index is 10.9. The summed E-state index contributed by atoms with van der Waals surface area (Å²) in [4.78, 5) is 15.0. The van der Waals surface area contributed by atoms with Crippen LogP contribution < -0.4 is 10.6 Å². The van der Waals surface area contributed by atoms with Crippen LogP contribution in [0.5, 0.6) is 0 Å². The van der Waals surface area contributed by atoms with Crippen LogP contribution in [0.4, 0.5) is 0 Å². The quantitative estimate of drug-likeness (QED) is 0.488. The number of nitrogens with zero attached hydrogens (tertiary/aromatic N) is 2. The molecule has 0 spiro atoms. The Morgan fingerprint density at radius 3 is 2.15 bits per heavy atom. The van der Waals surface area contributed by atoms with Gasteiger partial charge in [-0.1, -0.05) is 0 Å². The molecule has 1 aliphatic heterocycles. The van der Waals surface area contributed by atoms with Gasteiger partial charge in [0.1, 0.15) is 0 Å². The lowest BCUT2D eigenvalue weighted by Gasteiger charge is -2.28. The summed E-state index contributed by atoms with van der Waals surface area (Å²) < 4.78 is 0. The molecule has 1 rings (SSSR count). The summed E-state index contributed by atoms with van der Waals surface area (Å²) in [6, 6.07) is 0. The molecule has 1 saturated heterocycles. The van der Waals surface area contributed by atoms with Gasteiger partial charge in [0.2, 0.25) is 0 Å². The topological polar surface area (TPSA) is 88.1 Å². The van der Waals surface area contributed by atoms with Crippen molar-refractivity contribution in [3.63, 3.8) is 0 Å². The summed E-state index contributed by atoms with van der Waals surface area (Å²) in [5.74, 6) is -0.791. The Balaban J connectivity index is 2.50. The smallest absolute Gasteiger partial charge is 0.317 e. The third-order valence-electron chi connectivity index (χ3n) is 3.30. The number of carbonyl (C=O) groups is 1. The van der Waals surface area contributed by atoms with Crippen molar-refractivity contribution in [2.24, 2.45) is 0 Å². The highest BCUT2D eigenvalue weighted by molar-refractivity contribution is 5.69. The number of nitrogens with one attached hydrogen (secondary N) is 2. The molecule has 0 aromatic heterocycles. The van der Waals surface area contributed by atoms with E-state index in [0.29, 0.717) is 13.1 Å². The first-order valence-electron chi connectivity index (χ1n) is 7.34. The van der Waals surface area contributed by atoms with E-state index < -0.39 is 5.97 Å². The second-order valence-electron chi connectivity index (χ2n) is 5.32. The lowest BCUT2D eigenvalue weighted by molar-refractivity contribution is -0.138. The molecule has 1 heterocycles.